The molecule has 1 aliphatic rings. The zero-order valence-electron chi connectivity index (χ0n) is 11.3. The van der Waals surface area contributed by atoms with Gasteiger partial charge in [0.05, 0.1) is 14.2 Å². The molecule has 0 amide bonds. The predicted molar refractivity (Wildman–Crippen MR) is 72.0 cm³/mol. The fraction of sp³-hybridized carbons (Fsp3) is 0.571. The first kappa shape index (κ1) is 13.2. The summed E-state index contributed by atoms with van der Waals surface area (Å²) in [5.41, 5.74) is 7.20. The van der Waals surface area contributed by atoms with Gasteiger partial charge < -0.3 is 15.2 Å². The summed E-state index contributed by atoms with van der Waals surface area (Å²) < 4.78 is 10.7. The molecule has 2 N–H and O–H groups in total. The molecule has 0 aliphatic carbocycles. The van der Waals surface area contributed by atoms with Crippen molar-refractivity contribution < 1.29 is 9.47 Å². The Hall–Kier alpha value is -1.26. The quantitative estimate of drug-likeness (QED) is 0.879. The fourth-order valence-corrected chi connectivity index (χ4v) is 2.47. The monoisotopic (exact) mass is 250 g/mol. The third-order valence-electron chi connectivity index (χ3n) is 3.63. The number of ether oxygens (including phenoxy) is 2. The van der Waals surface area contributed by atoms with E-state index < -0.39 is 0 Å². The minimum Gasteiger partial charge on any atom is -0.497 e. The van der Waals surface area contributed by atoms with Crippen LogP contribution in [0.5, 0.6) is 11.5 Å². The Morgan fingerprint density at radius 1 is 1.28 bits per heavy atom. The van der Waals surface area contributed by atoms with E-state index in [1.807, 2.05) is 18.2 Å². The van der Waals surface area contributed by atoms with Crippen LogP contribution < -0.4 is 15.2 Å². The molecule has 100 valence electrons. The second-order valence-corrected chi connectivity index (χ2v) is 5.01. The zero-order valence-corrected chi connectivity index (χ0v) is 11.3. The average Bonchev–Trinajstić information content (AvgIpc) is 2.68. The van der Waals surface area contributed by atoms with Crippen molar-refractivity contribution in [3.8, 4) is 11.5 Å². The molecular weight excluding hydrogens is 228 g/mol. The van der Waals surface area contributed by atoms with Crippen molar-refractivity contribution in [3.05, 3.63) is 23.8 Å². The van der Waals surface area contributed by atoms with Crippen molar-refractivity contribution in [1.29, 1.82) is 0 Å². The van der Waals surface area contributed by atoms with E-state index in [4.69, 9.17) is 15.2 Å². The van der Waals surface area contributed by atoms with Crippen LogP contribution in [0.15, 0.2) is 18.2 Å². The largest absolute Gasteiger partial charge is 0.497 e. The molecule has 4 nitrogen and oxygen atoms in total. The standard InChI is InChI=1S/C14H22N2O2/c1-10-7-16(9-13(10)15)8-11-6-12(17-2)4-5-14(11)18-3/h4-6,10,13H,7-9,15H2,1-3H3. The average molecular weight is 250 g/mol. The van der Waals surface area contributed by atoms with Gasteiger partial charge in [-0.15, -0.1) is 0 Å². The lowest BCUT2D eigenvalue weighted by Gasteiger charge is -2.18. The Balaban J connectivity index is 2.12. The molecule has 0 radical (unpaired) electrons. The summed E-state index contributed by atoms with van der Waals surface area (Å²) in [6.07, 6.45) is 0. The summed E-state index contributed by atoms with van der Waals surface area (Å²) in [7, 11) is 3.38. The van der Waals surface area contributed by atoms with Gasteiger partial charge in [0.2, 0.25) is 0 Å². The van der Waals surface area contributed by atoms with E-state index in [9.17, 15) is 0 Å². The SMILES string of the molecule is COc1ccc(OC)c(CN2CC(C)C(N)C2)c1. The Bertz CT molecular complexity index is 399. The van der Waals surface area contributed by atoms with Crippen LogP contribution in [0.4, 0.5) is 0 Å². The minimum atomic E-state index is 0.279. The smallest absolute Gasteiger partial charge is 0.123 e. The van der Waals surface area contributed by atoms with Gasteiger partial charge in [-0.2, -0.15) is 0 Å². The van der Waals surface area contributed by atoms with Gasteiger partial charge in [0, 0.05) is 31.2 Å². The maximum absolute atomic E-state index is 6.05. The molecule has 1 aliphatic heterocycles. The van der Waals surface area contributed by atoms with Crippen LogP contribution in [-0.4, -0.2) is 38.3 Å². The maximum atomic E-state index is 6.05. The van der Waals surface area contributed by atoms with Gasteiger partial charge >= 0.3 is 0 Å². The Morgan fingerprint density at radius 2 is 2.06 bits per heavy atom. The number of hydrogen-bond donors (Lipinski definition) is 1. The van der Waals surface area contributed by atoms with E-state index in [2.05, 4.69) is 11.8 Å². The Kier molecular flexibility index (Phi) is 4.09. The van der Waals surface area contributed by atoms with Crippen LogP contribution in [0, 0.1) is 5.92 Å². The third kappa shape index (κ3) is 2.76. The van der Waals surface area contributed by atoms with Crippen LogP contribution in [-0.2, 0) is 6.54 Å². The third-order valence-corrected chi connectivity index (χ3v) is 3.63. The highest BCUT2D eigenvalue weighted by Gasteiger charge is 2.26. The molecule has 0 saturated carbocycles. The second kappa shape index (κ2) is 5.59. The molecule has 1 aromatic rings. The van der Waals surface area contributed by atoms with Gasteiger partial charge in [0.25, 0.3) is 0 Å². The minimum absolute atomic E-state index is 0.279. The topological polar surface area (TPSA) is 47.7 Å². The Labute approximate surface area is 109 Å². The van der Waals surface area contributed by atoms with Crippen molar-refractivity contribution >= 4 is 0 Å². The van der Waals surface area contributed by atoms with Gasteiger partial charge in [0.1, 0.15) is 11.5 Å². The van der Waals surface area contributed by atoms with Gasteiger partial charge in [-0.3, -0.25) is 4.90 Å². The number of likely N-dealkylation sites (tertiary alicyclic amines) is 1. The molecule has 2 unspecified atom stereocenters. The van der Waals surface area contributed by atoms with Gasteiger partial charge in [-0.1, -0.05) is 6.92 Å². The summed E-state index contributed by atoms with van der Waals surface area (Å²) >= 11 is 0. The maximum Gasteiger partial charge on any atom is 0.123 e. The summed E-state index contributed by atoms with van der Waals surface area (Å²) in [5.74, 6) is 2.33. The van der Waals surface area contributed by atoms with Crippen LogP contribution in [0.2, 0.25) is 0 Å². The van der Waals surface area contributed by atoms with Gasteiger partial charge in [-0.05, 0) is 24.1 Å². The van der Waals surface area contributed by atoms with Crippen molar-refractivity contribution in [2.45, 2.75) is 19.5 Å². The van der Waals surface area contributed by atoms with Gasteiger partial charge in [0.15, 0.2) is 0 Å². The number of nitrogens with zero attached hydrogens (tertiary/aromatic N) is 1. The number of benzene rings is 1. The first-order chi connectivity index (χ1) is 8.63. The molecule has 0 spiro atoms. The molecule has 0 aromatic heterocycles. The lowest BCUT2D eigenvalue weighted by molar-refractivity contribution is 0.309. The van der Waals surface area contributed by atoms with Crippen molar-refractivity contribution in [2.75, 3.05) is 27.3 Å². The molecule has 0 bridgehead atoms. The van der Waals surface area contributed by atoms with Crippen molar-refractivity contribution in [3.63, 3.8) is 0 Å². The molecule has 2 rings (SSSR count). The predicted octanol–water partition coefficient (Wildman–Crippen LogP) is 1.48. The first-order valence-corrected chi connectivity index (χ1v) is 6.33. The van der Waals surface area contributed by atoms with Crippen molar-refractivity contribution in [2.24, 2.45) is 11.7 Å². The molecule has 1 fully saturated rings. The van der Waals surface area contributed by atoms with Crippen molar-refractivity contribution in [1.82, 2.24) is 4.90 Å². The molecule has 18 heavy (non-hydrogen) atoms. The summed E-state index contributed by atoms with van der Waals surface area (Å²) in [5, 5.41) is 0. The van der Waals surface area contributed by atoms with E-state index in [0.29, 0.717) is 5.92 Å². The van der Waals surface area contributed by atoms with Crippen LogP contribution in [0.1, 0.15) is 12.5 Å². The van der Waals surface area contributed by atoms with E-state index in [1.165, 1.54) is 0 Å². The lowest BCUT2D eigenvalue weighted by Crippen LogP contribution is -2.28. The Morgan fingerprint density at radius 3 is 2.61 bits per heavy atom. The highest BCUT2D eigenvalue weighted by molar-refractivity contribution is 5.40. The molecule has 4 heteroatoms. The summed E-state index contributed by atoms with van der Waals surface area (Å²) in [4.78, 5) is 2.37. The fourth-order valence-electron chi connectivity index (χ4n) is 2.47. The summed E-state index contributed by atoms with van der Waals surface area (Å²) in [6.45, 7) is 5.05. The zero-order chi connectivity index (χ0) is 13.1. The molecular formula is C14H22N2O2. The van der Waals surface area contributed by atoms with Crippen LogP contribution in [0.3, 0.4) is 0 Å². The molecule has 1 saturated heterocycles. The number of nitrogens with two attached hydrogens (primary N) is 1. The van der Waals surface area contributed by atoms with E-state index >= 15 is 0 Å². The number of hydrogen-bond acceptors (Lipinski definition) is 4. The number of rotatable bonds is 4. The normalized spacial score (nSPS) is 24.2. The molecule has 1 aromatic carbocycles. The van der Waals surface area contributed by atoms with E-state index in [-0.39, 0.29) is 6.04 Å². The number of methoxy groups -OCH3 is 2. The van der Waals surface area contributed by atoms with E-state index in [1.54, 1.807) is 14.2 Å². The molecule has 2 atom stereocenters. The van der Waals surface area contributed by atoms with Crippen LogP contribution >= 0.6 is 0 Å². The summed E-state index contributed by atoms with van der Waals surface area (Å²) in [6, 6.07) is 6.18. The highest BCUT2D eigenvalue weighted by Crippen LogP contribution is 2.27. The molecule has 1 heterocycles. The second-order valence-electron chi connectivity index (χ2n) is 5.01. The first-order valence-electron chi connectivity index (χ1n) is 6.33. The van der Waals surface area contributed by atoms with Gasteiger partial charge in [-0.25, -0.2) is 0 Å². The van der Waals surface area contributed by atoms with Crippen LogP contribution in [0.25, 0.3) is 0 Å². The van der Waals surface area contributed by atoms with E-state index in [0.717, 1.165) is 36.7 Å². The lowest BCUT2D eigenvalue weighted by atomic mass is 10.1. The highest BCUT2D eigenvalue weighted by atomic mass is 16.5.